The van der Waals surface area contributed by atoms with Crippen LogP contribution >= 0.6 is 11.6 Å². The zero-order valence-corrected chi connectivity index (χ0v) is 11.2. The lowest BCUT2D eigenvalue weighted by Gasteiger charge is -2.20. The van der Waals surface area contributed by atoms with Gasteiger partial charge in [0, 0.05) is 24.8 Å². The molecule has 0 aromatic heterocycles. The van der Waals surface area contributed by atoms with Crippen molar-refractivity contribution in [2.45, 2.75) is 25.8 Å². The minimum atomic E-state index is 0.249. The molecule has 0 spiro atoms. The molecular weight excluding hydrogens is 236 g/mol. The van der Waals surface area contributed by atoms with Gasteiger partial charge in [0.15, 0.2) is 0 Å². The molecule has 1 aromatic carbocycles. The highest BCUT2D eigenvalue weighted by atomic mass is 35.5. The van der Waals surface area contributed by atoms with Crippen LogP contribution in [-0.2, 0) is 11.2 Å². The number of methoxy groups -OCH3 is 1. The number of rotatable bonds is 7. The Morgan fingerprint density at radius 1 is 1.47 bits per heavy atom. The van der Waals surface area contributed by atoms with Crippen molar-refractivity contribution in [3.8, 4) is 0 Å². The van der Waals surface area contributed by atoms with E-state index in [1.54, 1.807) is 7.11 Å². The predicted molar refractivity (Wildman–Crippen MR) is 71.9 cm³/mol. The van der Waals surface area contributed by atoms with E-state index in [9.17, 15) is 0 Å². The van der Waals surface area contributed by atoms with Gasteiger partial charge < -0.3 is 4.74 Å². The Morgan fingerprint density at radius 3 is 2.82 bits per heavy atom. The fraction of sp³-hybridized carbons (Fsp3) is 0.538. The van der Waals surface area contributed by atoms with Gasteiger partial charge in [-0.25, -0.2) is 0 Å². The third-order valence-corrected chi connectivity index (χ3v) is 2.98. The van der Waals surface area contributed by atoms with Crippen molar-refractivity contribution in [3.63, 3.8) is 0 Å². The molecule has 2 unspecified atom stereocenters. The van der Waals surface area contributed by atoms with Crippen molar-refractivity contribution in [2.24, 2.45) is 11.8 Å². The summed E-state index contributed by atoms with van der Waals surface area (Å²) in [5, 5.41) is 0.767. The zero-order valence-electron chi connectivity index (χ0n) is 10.4. The van der Waals surface area contributed by atoms with Gasteiger partial charge in [0.25, 0.3) is 0 Å². The van der Waals surface area contributed by atoms with Gasteiger partial charge in [0.2, 0.25) is 0 Å². The number of nitrogens with one attached hydrogen (secondary N) is 1. The van der Waals surface area contributed by atoms with Crippen molar-refractivity contribution in [2.75, 3.05) is 13.7 Å². The van der Waals surface area contributed by atoms with Crippen LogP contribution in [0.25, 0.3) is 0 Å². The number of nitrogens with two attached hydrogens (primary N) is 1. The van der Waals surface area contributed by atoms with Crippen molar-refractivity contribution in [3.05, 3.63) is 34.9 Å². The molecule has 3 nitrogen and oxygen atoms in total. The van der Waals surface area contributed by atoms with E-state index in [4.69, 9.17) is 22.2 Å². The summed E-state index contributed by atoms with van der Waals surface area (Å²) in [6.45, 7) is 2.92. The fourth-order valence-corrected chi connectivity index (χ4v) is 2.21. The molecule has 4 heteroatoms. The summed E-state index contributed by atoms with van der Waals surface area (Å²) in [4.78, 5) is 0. The summed E-state index contributed by atoms with van der Waals surface area (Å²) in [5.74, 6) is 6.07. The standard InChI is InChI=1S/C13H21ClN2O/c1-10(9-17-2)6-13(16-15)8-11-4-3-5-12(14)7-11/h3-5,7,10,13,16H,6,8-9,15H2,1-2H3. The summed E-state index contributed by atoms with van der Waals surface area (Å²) >= 11 is 5.96. The minimum absolute atomic E-state index is 0.249. The third kappa shape index (κ3) is 5.50. The number of halogens is 1. The second-order valence-corrected chi connectivity index (χ2v) is 4.93. The number of ether oxygens (including phenoxy) is 1. The van der Waals surface area contributed by atoms with E-state index in [1.807, 2.05) is 18.2 Å². The lowest BCUT2D eigenvalue weighted by molar-refractivity contribution is 0.149. The summed E-state index contributed by atoms with van der Waals surface area (Å²) in [5.41, 5.74) is 4.06. The monoisotopic (exact) mass is 256 g/mol. The lowest BCUT2D eigenvalue weighted by Crippen LogP contribution is -2.38. The van der Waals surface area contributed by atoms with Crippen LogP contribution in [0.5, 0.6) is 0 Å². The number of hydrogen-bond donors (Lipinski definition) is 2. The van der Waals surface area contributed by atoms with Crippen molar-refractivity contribution >= 4 is 11.6 Å². The summed E-state index contributed by atoms with van der Waals surface area (Å²) < 4.78 is 5.13. The quantitative estimate of drug-likeness (QED) is 0.582. The van der Waals surface area contributed by atoms with Gasteiger partial charge in [-0.2, -0.15) is 0 Å². The van der Waals surface area contributed by atoms with E-state index in [0.717, 1.165) is 24.5 Å². The maximum Gasteiger partial charge on any atom is 0.0488 e. The van der Waals surface area contributed by atoms with Gasteiger partial charge in [-0.3, -0.25) is 11.3 Å². The second kappa shape index (κ2) is 7.67. The first-order valence-electron chi connectivity index (χ1n) is 5.85. The fourth-order valence-electron chi connectivity index (χ4n) is 2.00. The molecule has 1 aromatic rings. The molecule has 1 rings (SSSR count). The normalized spacial score (nSPS) is 14.6. The Kier molecular flexibility index (Phi) is 6.52. The number of hydrazine groups is 1. The molecule has 2 atom stereocenters. The first-order valence-corrected chi connectivity index (χ1v) is 6.23. The second-order valence-electron chi connectivity index (χ2n) is 4.49. The van der Waals surface area contributed by atoms with Crippen LogP contribution in [0.3, 0.4) is 0 Å². The van der Waals surface area contributed by atoms with Crippen LogP contribution in [0.1, 0.15) is 18.9 Å². The van der Waals surface area contributed by atoms with E-state index in [2.05, 4.69) is 18.4 Å². The summed E-state index contributed by atoms with van der Waals surface area (Å²) in [7, 11) is 1.72. The van der Waals surface area contributed by atoms with Crippen LogP contribution in [0.15, 0.2) is 24.3 Å². The molecule has 0 aliphatic carbocycles. The number of hydrogen-bond acceptors (Lipinski definition) is 3. The molecule has 0 radical (unpaired) electrons. The van der Waals surface area contributed by atoms with E-state index >= 15 is 0 Å². The SMILES string of the molecule is COCC(C)CC(Cc1cccc(Cl)c1)NN. The Labute approximate surface area is 108 Å². The molecule has 96 valence electrons. The van der Waals surface area contributed by atoms with Gasteiger partial charge in [-0.15, -0.1) is 0 Å². The van der Waals surface area contributed by atoms with Crippen molar-refractivity contribution in [1.82, 2.24) is 5.43 Å². The molecule has 0 heterocycles. The zero-order chi connectivity index (χ0) is 12.7. The molecular formula is C13H21ClN2O. The smallest absolute Gasteiger partial charge is 0.0488 e. The van der Waals surface area contributed by atoms with Gasteiger partial charge >= 0.3 is 0 Å². The van der Waals surface area contributed by atoms with E-state index in [-0.39, 0.29) is 6.04 Å². The third-order valence-electron chi connectivity index (χ3n) is 2.74. The van der Waals surface area contributed by atoms with Crippen LogP contribution in [0.2, 0.25) is 5.02 Å². The molecule has 0 aliphatic rings. The highest BCUT2D eigenvalue weighted by molar-refractivity contribution is 6.30. The van der Waals surface area contributed by atoms with Gasteiger partial charge in [0.05, 0.1) is 0 Å². The van der Waals surface area contributed by atoms with Crippen LogP contribution in [0, 0.1) is 5.92 Å². The molecule has 17 heavy (non-hydrogen) atoms. The average Bonchev–Trinajstić information content (AvgIpc) is 2.28. The van der Waals surface area contributed by atoms with E-state index in [0.29, 0.717) is 5.92 Å². The molecule has 0 fully saturated rings. The van der Waals surface area contributed by atoms with Gasteiger partial charge in [0.1, 0.15) is 0 Å². The Morgan fingerprint density at radius 2 is 2.24 bits per heavy atom. The predicted octanol–water partition coefficient (Wildman–Crippen LogP) is 2.39. The Hall–Kier alpha value is -0.610. The molecule has 0 bridgehead atoms. The highest BCUT2D eigenvalue weighted by Gasteiger charge is 2.12. The molecule has 0 amide bonds. The highest BCUT2D eigenvalue weighted by Crippen LogP contribution is 2.15. The maximum absolute atomic E-state index is 5.96. The number of benzene rings is 1. The molecule has 3 N–H and O–H groups in total. The van der Waals surface area contributed by atoms with Crippen molar-refractivity contribution in [1.29, 1.82) is 0 Å². The largest absolute Gasteiger partial charge is 0.384 e. The van der Waals surface area contributed by atoms with E-state index in [1.165, 1.54) is 5.56 Å². The van der Waals surface area contributed by atoms with Crippen LogP contribution < -0.4 is 11.3 Å². The minimum Gasteiger partial charge on any atom is -0.384 e. The van der Waals surface area contributed by atoms with E-state index < -0.39 is 0 Å². The molecule has 0 aliphatic heterocycles. The van der Waals surface area contributed by atoms with Gasteiger partial charge in [-0.1, -0.05) is 30.7 Å². The van der Waals surface area contributed by atoms with Gasteiger partial charge in [-0.05, 0) is 36.5 Å². The van der Waals surface area contributed by atoms with Crippen LogP contribution in [-0.4, -0.2) is 19.8 Å². The maximum atomic E-state index is 5.96. The summed E-state index contributed by atoms with van der Waals surface area (Å²) in [6, 6.07) is 8.14. The topological polar surface area (TPSA) is 47.3 Å². The van der Waals surface area contributed by atoms with Crippen LogP contribution in [0.4, 0.5) is 0 Å². The first-order chi connectivity index (χ1) is 8.15. The molecule has 0 saturated heterocycles. The Balaban J connectivity index is 2.51. The first kappa shape index (κ1) is 14.5. The molecule has 0 saturated carbocycles. The van der Waals surface area contributed by atoms with Crippen molar-refractivity contribution < 1.29 is 4.74 Å². The lowest BCUT2D eigenvalue weighted by atomic mass is 9.97. The average molecular weight is 257 g/mol. The summed E-state index contributed by atoms with van der Waals surface area (Å²) in [6.07, 6.45) is 1.86. The Bertz CT molecular complexity index is 333.